The fourth-order valence-corrected chi connectivity index (χ4v) is 2.32. The molecule has 1 aliphatic rings. The van der Waals surface area contributed by atoms with E-state index < -0.39 is 0 Å². The van der Waals surface area contributed by atoms with Gasteiger partial charge in [0, 0.05) is 58.1 Å². The van der Waals surface area contributed by atoms with Crippen LogP contribution in [0.5, 0.6) is 0 Å². The molecule has 2 rings (SSSR count). The summed E-state index contributed by atoms with van der Waals surface area (Å²) in [4.78, 5) is 28.4. The van der Waals surface area contributed by atoms with Crippen LogP contribution in [0.2, 0.25) is 0 Å². The van der Waals surface area contributed by atoms with Crippen LogP contribution in [0.3, 0.4) is 0 Å². The van der Waals surface area contributed by atoms with Crippen LogP contribution < -0.4 is 11.2 Å². The van der Waals surface area contributed by atoms with Crippen molar-refractivity contribution in [3.05, 3.63) is 33.1 Å². The van der Waals surface area contributed by atoms with Gasteiger partial charge in [0.2, 0.25) is 0 Å². The van der Waals surface area contributed by atoms with Gasteiger partial charge in [-0.3, -0.25) is 14.3 Å². The Morgan fingerprint density at radius 3 is 2.42 bits per heavy atom. The second-order valence-electron chi connectivity index (χ2n) is 5.02. The van der Waals surface area contributed by atoms with E-state index >= 15 is 0 Å². The maximum Gasteiger partial charge on any atom is 0.330 e. The Hall–Kier alpha value is -1.40. The lowest BCUT2D eigenvalue weighted by Gasteiger charge is -2.32. The van der Waals surface area contributed by atoms with Crippen molar-refractivity contribution in [2.24, 2.45) is 0 Å². The molecule has 0 N–H and O–H groups in total. The molecule has 0 unspecified atom stereocenters. The lowest BCUT2D eigenvalue weighted by Crippen LogP contribution is -2.47. The highest BCUT2D eigenvalue weighted by molar-refractivity contribution is 4.86. The normalized spacial score (nSPS) is 17.8. The molecule has 0 saturated carbocycles. The van der Waals surface area contributed by atoms with Gasteiger partial charge in [0.25, 0.3) is 5.56 Å². The number of likely N-dealkylation sites (N-methyl/N-ethyl adjacent to an activating group) is 1. The van der Waals surface area contributed by atoms with Gasteiger partial charge in [-0.15, -0.1) is 0 Å². The molecule has 0 spiro atoms. The van der Waals surface area contributed by atoms with Crippen LogP contribution in [0.25, 0.3) is 0 Å². The molecule has 0 atom stereocenters. The van der Waals surface area contributed by atoms with Gasteiger partial charge in [0.05, 0.1) is 0 Å². The summed E-state index contributed by atoms with van der Waals surface area (Å²) >= 11 is 0. The zero-order chi connectivity index (χ0) is 13.8. The van der Waals surface area contributed by atoms with Gasteiger partial charge in [-0.05, 0) is 14.0 Å². The van der Waals surface area contributed by atoms with E-state index in [2.05, 4.69) is 16.8 Å². The number of piperazine rings is 1. The van der Waals surface area contributed by atoms with Gasteiger partial charge in [-0.25, -0.2) is 4.79 Å². The van der Waals surface area contributed by atoms with Crippen LogP contribution in [0.1, 0.15) is 6.92 Å². The molecule has 19 heavy (non-hydrogen) atoms. The van der Waals surface area contributed by atoms with E-state index in [0.717, 1.165) is 32.7 Å². The summed E-state index contributed by atoms with van der Waals surface area (Å²) in [5.41, 5.74) is -0.409. The number of aryl methyl sites for hydroxylation is 1. The Kier molecular flexibility index (Phi) is 4.55. The minimum absolute atomic E-state index is 0.205. The second-order valence-corrected chi connectivity index (χ2v) is 5.02. The standard InChI is InChI=1S/C13H22N4O2/c1-3-16-5-4-12(18)17(13(16)19)11-10-15-8-6-14(2)7-9-15/h4-5H,3,6-11H2,1-2H3. The predicted molar refractivity (Wildman–Crippen MR) is 74.6 cm³/mol. The topological polar surface area (TPSA) is 50.5 Å². The molecular weight excluding hydrogens is 244 g/mol. The average molecular weight is 266 g/mol. The quantitative estimate of drug-likeness (QED) is 0.721. The van der Waals surface area contributed by atoms with Crippen molar-refractivity contribution in [1.82, 2.24) is 18.9 Å². The molecule has 1 saturated heterocycles. The fourth-order valence-electron chi connectivity index (χ4n) is 2.32. The minimum atomic E-state index is -0.205. The first-order chi connectivity index (χ1) is 9.11. The molecule has 1 fully saturated rings. The van der Waals surface area contributed by atoms with E-state index in [9.17, 15) is 9.59 Å². The van der Waals surface area contributed by atoms with Gasteiger partial charge in [0.15, 0.2) is 0 Å². The highest BCUT2D eigenvalue weighted by Gasteiger charge is 2.14. The van der Waals surface area contributed by atoms with Gasteiger partial charge < -0.3 is 9.47 Å². The van der Waals surface area contributed by atoms with Gasteiger partial charge in [-0.1, -0.05) is 0 Å². The van der Waals surface area contributed by atoms with Gasteiger partial charge in [0.1, 0.15) is 0 Å². The average Bonchev–Trinajstić information content (AvgIpc) is 2.41. The first kappa shape index (κ1) is 14.0. The highest BCUT2D eigenvalue weighted by atomic mass is 16.2. The third kappa shape index (κ3) is 3.33. The summed E-state index contributed by atoms with van der Waals surface area (Å²) in [6, 6.07) is 1.47. The van der Waals surface area contributed by atoms with Crippen molar-refractivity contribution in [3.8, 4) is 0 Å². The third-order valence-electron chi connectivity index (χ3n) is 3.72. The van der Waals surface area contributed by atoms with Crippen molar-refractivity contribution >= 4 is 0 Å². The molecule has 6 heteroatoms. The molecule has 0 radical (unpaired) electrons. The number of nitrogens with zero attached hydrogens (tertiary/aromatic N) is 4. The van der Waals surface area contributed by atoms with E-state index in [4.69, 9.17) is 0 Å². The Morgan fingerprint density at radius 1 is 1.11 bits per heavy atom. The van der Waals surface area contributed by atoms with E-state index in [1.807, 2.05) is 6.92 Å². The van der Waals surface area contributed by atoms with Crippen molar-refractivity contribution < 1.29 is 0 Å². The molecule has 0 bridgehead atoms. The molecule has 106 valence electrons. The second kappa shape index (κ2) is 6.16. The van der Waals surface area contributed by atoms with E-state index in [0.29, 0.717) is 13.1 Å². The molecule has 0 aromatic carbocycles. The van der Waals surface area contributed by atoms with E-state index in [1.165, 1.54) is 10.6 Å². The summed E-state index contributed by atoms with van der Waals surface area (Å²) < 4.78 is 2.90. The van der Waals surface area contributed by atoms with Crippen molar-refractivity contribution in [2.75, 3.05) is 39.8 Å². The Bertz CT molecular complexity index is 526. The maximum absolute atomic E-state index is 12.0. The van der Waals surface area contributed by atoms with Crippen LogP contribution in [0.15, 0.2) is 21.9 Å². The van der Waals surface area contributed by atoms with Crippen LogP contribution in [0.4, 0.5) is 0 Å². The Balaban J connectivity index is 2.03. The zero-order valence-electron chi connectivity index (χ0n) is 11.7. The lowest BCUT2D eigenvalue weighted by molar-refractivity contribution is 0.149. The van der Waals surface area contributed by atoms with Crippen LogP contribution >= 0.6 is 0 Å². The Labute approximate surface area is 112 Å². The lowest BCUT2D eigenvalue weighted by atomic mass is 10.3. The summed E-state index contributed by atoms with van der Waals surface area (Å²) in [5.74, 6) is 0. The third-order valence-corrected chi connectivity index (χ3v) is 3.72. The maximum atomic E-state index is 12.0. The van der Waals surface area contributed by atoms with Gasteiger partial charge >= 0.3 is 5.69 Å². The first-order valence-electron chi connectivity index (χ1n) is 6.83. The zero-order valence-corrected chi connectivity index (χ0v) is 11.7. The van der Waals surface area contributed by atoms with Crippen LogP contribution in [-0.4, -0.2) is 58.7 Å². The molecule has 1 aliphatic heterocycles. The molecule has 0 amide bonds. The summed E-state index contributed by atoms with van der Waals surface area (Å²) in [6.07, 6.45) is 1.57. The SMILES string of the molecule is CCn1ccc(=O)n(CCN2CCN(C)CC2)c1=O. The summed E-state index contributed by atoms with van der Waals surface area (Å²) in [7, 11) is 2.11. The number of rotatable bonds is 4. The van der Waals surface area contributed by atoms with Gasteiger partial charge in [-0.2, -0.15) is 0 Å². The highest BCUT2D eigenvalue weighted by Crippen LogP contribution is 1.98. The molecule has 1 aromatic heterocycles. The molecule has 2 heterocycles. The number of hydrogen-bond donors (Lipinski definition) is 0. The summed E-state index contributed by atoms with van der Waals surface area (Å²) in [5, 5.41) is 0. The van der Waals surface area contributed by atoms with Crippen LogP contribution in [-0.2, 0) is 13.1 Å². The predicted octanol–water partition coefficient (Wildman–Crippen LogP) is -0.723. The van der Waals surface area contributed by atoms with E-state index in [-0.39, 0.29) is 11.2 Å². The largest absolute Gasteiger partial charge is 0.330 e. The summed E-state index contributed by atoms with van der Waals surface area (Å²) in [6.45, 7) is 7.81. The van der Waals surface area contributed by atoms with Crippen molar-refractivity contribution in [3.63, 3.8) is 0 Å². The fraction of sp³-hybridized carbons (Fsp3) is 0.692. The number of hydrogen-bond acceptors (Lipinski definition) is 4. The monoisotopic (exact) mass is 266 g/mol. The Morgan fingerprint density at radius 2 is 1.79 bits per heavy atom. The molecule has 1 aromatic rings. The molecular formula is C13H22N4O2. The molecule has 6 nitrogen and oxygen atoms in total. The first-order valence-corrected chi connectivity index (χ1v) is 6.83. The van der Waals surface area contributed by atoms with Crippen molar-refractivity contribution in [1.29, 1.82) is 0 Å². The minimum Gasteiger partial charge on any atom is -0.304 e. The number of aromatic nitrogens is 2. The molecule has 0 aliphatic carbocycles. The van der Waals surface area contributed by atoms with E-state index in [1.54, 1.807) is 10.8 Å². The van der Waals surface area contributed by atoms with Crippen LogP contribution in [0, 0.1) is 0 Å². The smallest absolute Gasteiger partial charge is 0.304 e. The van der Waals surface area contributed by atoms with Crippen molar-refractivity contribution in [2.45, 2.75) is 20.0 Å².